The van der Waals surface area contributed by atoms with Crippen molar-refractivity contribution in [3.63, 3.8) is 0 Å². The molecule has 4 aromatic rings. The lowest BCUT2D eigenvalue weighted by molar-refractivity contribution is 0.0705. The van der Waals surface area contributed by atoms with Crippen LogP contribution in [0.5, 0.6) is 0 Å². The monoisotopic (exact) mass is 394 g/mol. The number of carbonyl (C=O) groups excluding carboxylic acids is 1. The Balaban J connectivity index is 1.51. The molecule has 0 radical (unpaired) electrons. The first kappa shape index (κ1) is 14.8. The number of para-hydroxylation sites is 2. The zero-order valence-electron chi connectivity index (χ0n) is 13.4. The SMILES string of the molecule is O=C(c1cc2ccccc2o1)N1CCc2[nH]c3c(Br)cccc3c2C1. The number of furan rings is 1. The predicted molar refractivity (Wildman–Crippen MR) is 101 cm³/mol. The van der Waals surface area contributed by atoms with Crippen LogP contribution >= 0.6 is 15.9 Å². The number of hydrogen-bond donors (Lipinski definition) is 1. The largest absolute Gasteiger partial charge is 0.451 e. The van der Waals surface area contributed by atoms with Gasteiger partial charge < -0.3 is 14.3 Å². The summed E-state index contributed by atoms with van der Waals surface area (Å²) in [5.41, 5.74) is 4.27. The molecule has 3 heterocycles. The fraction of sp³-hybridized carbons (Fsp3) is 0.150. The molecule has 124 valence electrons. The standard InChI is InChI=1S/C20H15BrN2O2/c21-15-6-3-5-13-14-11-23(9-8-16(14)22-19(13)15)20(24)18-10-12-4-1-2-7-17(12)25-18/h1-7,10,22H,8-9,11H2. The van der Waals surface area contributed by atoms with Crippen LogP contribution in [0, 0.1) is 0 Å². The number of hydrogen-bond acceptors (Lipinski definition) is 2. The summed E-state index contributed by atoms with van der Waals surface area (Å²) in [4.78, 5) is 18.3. The highest BCUT2D eigenvalue weighted by atomic mass is 79.9. The number of carbonyl (C=O) groups is 1. The Morgan fingerprint density at radius 3 is 2.92 bits per heavy atom. The van der Waals surface area contributed by atoms with E-state index < -0.39 is 0 Å². The second-order valence-corrected chi connectivity index (χ2v) is 7.22. The summed E-state index contributed by atoms with van der Waals surface area (Å²) >= 11 is 3.60. The van der Waals surface area contributed by atoms with Gasteiger partial charge in [0.1, 0.15) is 5.58 Å². The average Bonchev–Trinajstić information content (AvgIpc) is 3.23. The van der Waals surface area contributed by atoms with E-state index in [0.717, 1.165) is 27.4 Å². The van der Waals surface area contributed by atoms with Gasteiger partial charge in [0.05, 0.1) is 5.52 Å². The van der Waals surface area contributed by atoms with E-state index in [9.17, 15) is 4.79 Å². The number of nitrogens with zero attached hydrogens (tertiary/aromatic N) is 1. The highest BCUT2D eigenvalue weighted by Crippen LogP contribution is 2.32. The van der Waals surface area contributed by atoms with E-state index in [2.05, 4.69) is 27.0 Å². The van der Waals surface area contributed by atoms with Crippen molar-refractivity contribution in [2.45, 2.75) is 13.0 Å². The lowest BCUT2D eigenvalue weighted by atomic mass is 10.0. The molecule has 0 spiro atoms. The van der Waals surface area contributed by atoms with Crippen LogP contribution in [0.2, 0.25) is 0 Å². The van der Waals surface area contributed by atoms with Gasteiger partial charge in [-0.2, -0.15) is 0 Å². The first-order valence-corrected chi connectivity index (χ1v) is 9.06. The molecule has 1 aliphatic rings. The molecule has 1 amide bonds. The normalized spacial score (nSPS) is 14.2. The van der Waals surface area contributed by atoms with Gasteiger partial charge in [-0.25, -0.2) is 0 Å². The zero-order chi connectivity index (χ0) is 17.0. The van der Waals surface area contributed by atoms with E-state index in [-0.39, 0.29) is 5.91 Å². The second kappa shape index (κ2) is 5.49. The van der Waals surface area contributed by atoms with Crippen molar-refractivity contribution in [3.05, 3.63) is 70.0 Å². The minimum Gasteiger partial charge on any atom is -0.451 e. The lowest BCUT2D eigenvalue weighted by Crippen LogP contribution is -2.35. The topological polar surface area (TPSA) is 49.2 Å². The Kier molecular flexibility index (Phi) is 3.25. The Bertz CT molecular complexity index is 1090. The van der Waals surface area contributed by atoms with Gasteiger partial charge in [-0.3, -0.25) is 4.79 Å². The second-order valence-electron chi connectivity index (χ2n) is 6.37. The molecule has 1 N–H and O–H groups in total. The van der Waals surface area contributed by atoms with Crippen LogP contribution < -0.4 is 0 Å². The van der Waals surface area contributed by atoms with Crippen LogP contribution in [0.4, 0.5) is 0 Å². The Labute approximate surface area is 152 Å². The summed E-state index contributed by atoms with van der Waals surface area (Å²) in [6, 6.07) is 15.7. The first-order valence-electron chi connectivity index (χ1n) is 8.26. The molecule has 4 nitrogen and oxygen atoms in total. The molecule has 0 bridgehead atoms. The number of halogens is 1. The van der Waals surface area contributed by atoms with Crippen molar-refractivity contribution >= 4 is 43.7 Å². The summed E-state index contributed by atoms with van der Waals surface area (Å²) in [5, 5.41) is 2.13. The van der Waals surface area contributed by atoms with Gasteiger partial charge in [0.2, 0.25) is 0 Å². The number of rotatable bonds is 1. The van der Waals surface area contributed by atoms with Crippen LogP contribution in [0.1, 0.15) is 21.8 Å². The molecule has 0 unspecified atom stereocenters. The fourth-order valence-electron chi connectivity index (χ4n) is 3.62. The number of H-pyrrole nitrogens is 1. The van der Waals surface area contributed by atoms with E-state index in [4.69, 9.17) is 4.42 Å². The highest BCUT2D eigenvalue weighted by Gasteiger charge is 2.27. The minimum absolute atomic E-state index is 0.0498. The number of aromatic nitrogens is 1. The maximum atomic E-state index is 12.9. The minimum atomic E-state index is -0.0498. The van der Waals surface area contributed by atoms with E-state index in [1.54, 1.807) is 0 Å². The van der Waals surface area contributed by atoms with E-state index in [1.807, 2.05) is 47.4 Å². The Hall–Kier alpha value is -2.53. The number of nitrogens with one attached hydrogen (secondary N) is 1. The third-order valence-corrected chi connectivity index (χ3v) is 5.54. The van der Waals surface area contributed by atoms with Crippen LogP contribution in [0.3, 0.4) is 0 Å². The molecule has 5 heteroatoms. The maximum Gasteiger partial charge on any atom is 0.289 e. The summed E-state index contributed by atoms with van der Waals surface area (Å²) in [6.07, 6.45) is 0.822. The first-order chi connectivity index (χ1) is 12.2. The molecular formula is C20H15BrN2O2. The Morgan fingerprint density at radius 1 is 1.16 bits per heavy atom. The van der Waals surface area contributed by atoms with Crippen molar-refractivity contribution in [2.24, 2.45) is 0 Å². The fourth-order valence-corrected chi connectivity index (χ4v) is 4.08. The summed E-state index contributed by atoms with van der Waals surface area (Å²) < 4.78 is 6.80. The van der Waals surface area contributed by atoms with Gasteiger partial charge in [0.25, 0.3) is 5.91 Å². The third-order valence-electron chi connectivity index (χ3n) is 4.88. The van der Waals surface area contributed by atoms with E-state index in [1.165, 1.54) is 16.6 Å². The molecule has 2 aromatic carbocycles. The van der Waals surface area contributed by atoms with Crippen LogP contribution in [0.15, 0.2) is 57.4 Å². The van der Waals surface area contributed by atoms with Crippen molar-refractivity contribution < 1.29 is 9.21 Å². The molecule has 0 atom stereocenters. The van der Waals surface area contributed by atoms with Crippen molar-refractivity contribution in [1.29, 1.82) is 0 Å². The van der Waals surface area contributed by atoms with Crippen LogP contribution in [-0.4, -0.2) is 22.3 Å². The predicted octanol–water partition coefficient (Wildman–Crippen LogP) is 4.88. The van der Waals surface area contributed by atoms with Gasteiger partial charge in [-0.15, -0.1) is 0 Å². The molecular weight excluding hydrogens is 380 g/mol. The summed E-state index contributed by atoms with van der Waals surface area (Å²) in [5.74, 6) is 0.358. The molecule has 5 rings (SSSR count). The zero-order valence-corrected chi connectivity index (χ0v) is 15.0. The molecule has 1 aliphatic heterocycles. The highest BCUT2D eigenvalue weighted by molar-refractivity contribution is 9.10. The van der Waals surface area contributed by atoms with Crippen LogP contribution in [-0.2, 0) is 13.0 Å². The van der Waals surface area contributed by atoms with Gasteiger partial charge in [0, 0.05) is 46.0 Å². The molecule has 2 aromatic heterocycles. The van der Waals surface area contributed by atoms with Crippen molar-refractivity contribution in [3.8, 4) is 0 Å². The smallest absolute Gasteiger partial charge is 0.289 e. The van der Waals surface area contributed by atoms with E-state index >= 15 is 0 Å². The quantitative estimate of drug-likeness (QED) is 0.500. The molecule has 25 heavy (non-hydrogen) atoms. The average molecular weight is 395 g/mol. The molecule has 0 aliphatic carbocycles. The number of benzene rings is 2. The van der Waals surface area contributed by atoms with Crippen molar-refractivity contribution in [2.75, 3.05) is 6.54 Å². The number of amides is 1. The molecule has 0 saturated carbocycles. The maximum absolute atomic E-state index is 12.9. The summed E-state index contributed by atoms with van der Waals surface area (Å²) in [6.45, 7) is 1.29. The summed E-state index contributed by atoms with van der Waals surface area (Å²) in [7, 11) is 0. The number of aromatic amines is 1. The Morgan fingerprint density at radius 2 is 2.04 bits per heavy atom. The molecule has 0 fully saturated rings. The van der Waals surface area contributed by atoms with Gasteiger partial charge in [-0.05, 0) is 34.1 Å². The number of fused-ring (bicyclic) bond motifs is 4. The molecule has 0 saturated heterocycles. The van der Waals surface area contributed by atoms with Gasteiger partial charge >= 0.3 is 0 Å². The third kappa shape index (κ3) is 2.30. The van der Waals surface area contributed by atoms with Crippen LogP contribution in [0.25, 0.3) is 21.9 Å². The van der Waals surface area contributed by atoms with E-state index in [0.29, 0.717) is 18.8 Å². The van der Waals surface area contributed by atoms with Gasteiger partial charge in [0.15, 0.2) is 5.76 Å². The van der Waals surface area contributed by atoms with Crippen molar-refractivity contribution in [1.82, 2.24) is 9.88 Å². The lowest BCUT2D eigenvalue weighted by Gasteiger charge is -2.26. The van der Waals surface area contributed by atoms with Gasteiger partial charge in [-0.1, -0.05) is 30.3 Å².